The average molecular weight is 298 g/mol. The van der Waals surface area contributed by atoms with Gasteiger partial charge in [0.1, 0.15) is 18.2 Å². The largest absolute Gasteiger partial charge is 0.494 e. The molecule has 0 bridgehead atoms. The normalized spacial score (nSPS) is 10.0. The lowest BCUT2D eigenvalue weighted by molar-refractivity contribution is 0.0487. The molecule has 0 aliphatic carbocycles. The van der Waals surface area contributed by atoms with Crippen molar-refractivity contribution in [1.82, 2.24) is 4.57 Å². The predicted molar refractivity (Wildman–Crippen MR) is 78.5 cm³/mol. The Labute approximate surface area is 126 Å². The number of hydrogen-bond acceptors (Lipinski definition) is 5. The van der Waals surface area contributed by atoms with Crippen LogP contribution in [0.4, 0.5) is 0 Å². The summed E-state index contributed by atoms with van der Waals surface area (Å²) in [5.41, 5.74) is 0.172. The minimum atomic E-state index is -0.601. The van der Waals surface area contributed by atoms with Crippen molar-refractivity contribution in [2.75, 3.05) is 6.61 Å². The lowest BCUT2D eigenvalue weighted by Gasteiger charge is -2.10. The summed E-state index contributed by atoms with van der Waals surface area (Å²) in [5, 5.41) is 18.7. The highest BCUT2D eigenvalue weighted by atomic mass is 16.5. The molecule has 1 N–H and O–H groups in total. The van der Waals surface area contributed by atoms with E-state index in [0.29, 0.717) is 11.1 Å². The van der Waals surface area contributed by atoms with E-state index in [9.17, 15) is 14.7 Å². The maximum atomic E-state index is 12.0. The minimum Gasteiger partial charge on any atom is -0.494 e. The molecule has 22 heavy (non-hydrogen) atoms. The minimum absolute atomic E-state index is 0.0296. The Morgan fingerprint density at radius 3 is 2.68 bits per heavy atom. The molecule has 2 rings (SSSR count). The monoisotopic (exact) mass is 298 g/mol. The Morgan fingerprint density at radius 1 is 1.36 bits per heavy atom. The van der Waals surface area contributed by atoms with Crippen molar-refractivity contribution in [2.45, 2.75) is 13.5 Å². The first kappa shape index (κ1) is 15.3. The number of nitriles is 1. The molecule has 0 atom stereocenters. The number of hydrogen-bond donors (Lipinski definition) is 1. The number of carbonyl (C=O) groups excluding carboxylic acids is 1. The lowest BCUT2D eigenvalue weighted by Crippen LogP contribution is -2.26. The number of nitrogens with zero attached hydrogens (tertiary/aromatic N) is 2. The van der Waals surface area contributed by atoms with Gasteiger partial charge in [0.05, 0.1) is 12.1 Å². The number of benzene rings is 1. The standard InChI is InChI=1S/C16H14N2O4/c1-11-9-14(19)18(15(20)13(11)10-17)7-8-22-16(21)12-5-3-2-4-6-12/h2-6,9,19H,7-8H2,1H3. The van der Waals surface area contributed by atoms with Crippen LogP contribution in [0, 0.1) is 18.3 Å². The molecule has 0 radical (unpaired) electrons. The molecule has 0 aliphatic rings. The van der Waals surface area contributed by atoms with Gasteiger partial charge in [-0.25, -0.2) is 4.79 Å². The highest BCUT2D eigenvalue weighted by Gasteiger charge is 2.12. The zero-order valence-electron chi connectivity index (χ0n) is 11.9. The molecule has 0 amide bonds. The van der Waals surface area contributed by atoms with Gasteiger partial charge in [0.2, 0.25) is 0 Å². The second kappa shape index (κ2) is 6.59. The summed E-state index contributed by atoms with van der Waals surface area (Å²) < 4.78 is 6.06. The molecule has 112 valence electrons. The number of aromatic hydroxyl groups is 1. The number of pyridine rings is 1. The zero-order valence-corrected chi connectivity index (χ0v) is 11.9. The fourth-order valence-electron chi connectivity index (χ4n) is 1.99. The van der Waals surface area contributed by atoms with Gasteiger partial charge in [0.25, 0.3) is 5.56 Å². The van der Waals surface area contributed by atoms with Gasteiger partial charge < -0.3 is 9.84 Å². The van der Waals surface area contributed by atoms with E-state index < -0.39 is 11.5 Å². The Balaban J connectivity index is 2.09. The highest BCUT2D eigenvalue weighted by molar-refractivity contribution is 5.89. The predicted octanol–water partition coefficient (Wildman–Crippen LogP) is 1.59. The van der Waals surface area contributed by atoms with E-state index in [4.69, 9.17) is 10.00 Å². The Kier molecular flexibility index (Phi) is 4.59. The van der Waals surface area contributed by atoms with Crippen molar-refractivity contribution >= 4 is 5.97 Å². The smallest absolute Gasteiger partial charge is 0.338 e. The van der Waals surface area contributed by atoms with Crippen LogP contribution in [0.1, 0.15) is 21.5 Å². The van der Waals surface area contributed by atoms with Crippen molar-refractivity contribution in [3.63, 3.8) is 0 Å². The number of aryl methyl sites for hydroxylation is 1. The van der Waals surface area contributed by atoms with E-state index in [2.05, 4.69) is 0 Å². The summed E-state index contributed by atoms with van der Waals surface area (Å²) in [6.45, 7) is 1.45. The molecule has 1 aromatic carbocycles. The maximum absolute atomic E-state index is 12.0. The third-order valence-corrected chi connectivity index (χ3v) is 3.14. The summed E-state index contributed by atoms with van der Waals surface area (Å²) >= 11 is 0. The van der Waals surface area contributed by atoms with Gasteiger partial charge >= 0.3 is 5.97 Å². The van der Waals surface area contributed by atoms with E-state index in [-0.39, 0.29) is 24.6 Å². The van der Waals surface area contributed by atoms with E-state index >= 15 is 0 Å². The van der Waals surface area contributed by atoms with Crippen LogP contribution >= 0.6 is 0 Å². The number of aromatic nitrogens is 1. The first-order valence-electron chi connectivity index (χ1n) is 6.60. The Hall–Kier alpha value is -3.07. The van der Waals surface area contributed by atoms with Crippen LogP contribution in [-0.4, -0.2) is 22.2 Å². The summed E-state index contributed by atoms with van der Waals surface area (Å²) in [5.74, 6) is -0.780. The van der Waals surface area contributed by atoms with Crippen molar-refractivity contribution in [2.24, 2.45) is 0 Å². The molecular formula is C16H14N2O4. The van der Waals surface area contributed by atoms with Crippen molar-refractivity contribution in [3.8, 4) is 11.9 Å². The van der Waals surface area contributed by atoms with Crippen molar-refractivity contribution < 1.29 is 14.6 Å². The number of esters is 1. The van der Waals surface area contributed by atoms with E-state index in [0.717, 1.165) is 4.57 Å². The molecule has 6 nitrogen and oxygen atoms in total. The maximum Gasteiger partial charge on any atom is 0.338 e. The molecule has 0 saturated heterocycles. The summed E-state index contributed by atoms with van der Waals surface area (Å²) in [4.78, 5) is 23.8. The quantitative estimate of drug-likeness (QED) is 0.865. The van der Waals surface area contributed by atoms with Crippen LogP contribution in [0.25, 0.3) is 0 Å². The van der Waals surface area contributed by atoms with Gasteiger partial charge in [-0.1, -0.05) is 18.2 Å². The molecule has 1 heterocycles. The highest BCUT2D eigenvalue weighted by Crippen LogP contribution is 2.11. The number of rotatable bonds is 4. The van der Waals surface area contributed by atoms with Gasteiger partial charge in [-0.3, -0.25) is 9.36 Å². The molecule has 0 saturated carbocycles. The molecule has 6 heteroatoms. The van der Waals surface area contributed by atoms with E-state index in [1.165, 1.54) is 6.07 Å². The van der Waals surface area contributed by atoms with Gasteiger partial charge in [-0.2, -0.15) is 5.26 Å². The molecule has 0 unspecified atom stereocenters. The molecule has 2 aromatic rings. The first-order chi connectivity index (χ1) is 10.5. The topological polar surface area (TPSA) is 92.3 Å². The fraction of sp³-hybridized carbons (Fsp3) is 0.188. The van der Waals surface area contributed by atoms with Crippen LogP contribution in [0.2, 0.25) is 0 Å². The first-order valence-corrected chi connectivity index (χ1v) is 6.60. The van der Waals surface area contributed by atoms with Gasteiger partial charge in [-0.15, -0.1) is 0 Å². The fourth-order valence-corrected chi connectivity index (χ4v) is 1.99. The van der Waals surface area contributed by atoms with Crippen LogP contribution in [-0.2, 0) is 11.3 Å². The molecule has 0 spiro atoms. The van der Waals surface area contributed by atoms with Gasteiger partial charge in [-0.05, 0) is 24.6 Å². The summed E-state index contributed by atoms with van der Waals surface area (Å²) in [6.07, 6.45) is 0. The molecule has 1 aromatic heterocycles. The van der Waals surface area contributed by atoms with Crippen molar-refractivity contribution in [1.29, 1.82) is 5.26 Å². The van der Waals surface area contributed by atoms with Gasteiger partial charge in [0.15, 0.2) is 5.88 Å². The molecular weight excluding hydrogens is 284 g/mol. The second-order valence-corrected chi connectivity index (χ2v) is 4.63. The summed E-state index contributed by atoms with van der Waals surface area (Å²) in [6, 6.07) is 11.6. The summed E-state index contributed by atoms with van der Waals surface area (Å²) in [7, 11) is 0. The Bertz CT molecular complexity index is 788. The van der Waals surface area contributed by atoms with Crippen LogP contribution in [0.3, 0.4) is 0 Å². The van der Waals surface area contributed by atoms with Crippen LogP contribution < -0.4 is 5.56 Å². The third kappa shape index (κ3) is 3.15. The third-order valence-electron chi connectivity index (χ3n) is 3.14. The van der Waals surface area contributed by atoms with Crippen LogP contribution in [0.15, 0.2) is 41.2 Å². The number of ether oxygens (including phenoxy) is 1. The zero-order chi connectivity index (χ0) is 16.1. The molecule has 0 fully saturated rings. The van der Waals surface area contributed by atoms with Gasteiger partial charge in [0, 0.05) is 6.07 Å². The lowest BCUT2D eigenvalue weighted by atomic mass is 10.1. The second-order valence-electron chi connectivity index (χ2n) is 4.63. The Morgan fingerprint density at radius 2 is 2.05 bits per heavy atom. The SMILES string of the molecule is Cc1cc(O)n(CCOC(=O)c2ccccc2)c(=O)c1C#N. The average Bonchev–Trinajstić information content (AvgIpc) is 2.51. The number of carbonyl (C=O) groups is 1. The van der Waals surface area contributed by atoms with E-state index in [1.54, 1.807) is 43.3 Å². The molecule has 0 aliphatic heterocycles. The van der Waals surface area contributed by atoms with Crippen molar-refractivity contribution in [3.05, 3.63) is 63.4 Å². The van der Waals surface area contributed by atoms with E-state index in [1.807, 2.05) is 0 Å². The van der Waals surface area contributed by atoms with Crippen LogP contribution in [0.5, 0.6) is 5.88 Å².